The summed E-state index contributed by atoms with van der Waals surface area (Å²) in [6, 6.07) is 9.21. The molecule has 0 bridgehead atoms. The zero-order valence-electron chi connectivity index (χ0n) is 10.3. The van der Waals surface area contributed by atoms with Gasteiger partial charge >= 0.3 is 12.1 Å². The van der Waals surface area contributed by atoms with E-state index in [4.69, 9.17) is 9.84 Å². The Balaban J connectivity index is 2.36. The highest BCUT2D eigenvalue weighted by Gasteiger charge is 2.35. The summed E-state index contributed by atoms with van der Waals surface area (Å²) in [5.41, 5.74) is -2.06. The van der Waals surface area contributed by atoms with E-state index >= 15 is 0 Å². The van der Waals surface area contributed by atoms with Gasteiger partial charge in [-0.05, 0) is 42.5 Å². The number of hydrogen-bond donors (Lipinski definition) is 1. The zero-order chi connectivity index (χ0) is 15.6. The molecule has 2 rings (SSSR count). The van der Waals surface area contributed by atoms with E-state index in [2.05, 4.69) is 15.9 Å². The van der Waals surface area contributed by atoms with Crippen LogP contribution in [0.25, 0.3) is 0 Å². The van der Waals surface area contributed by atoms with Crippen molar-refractivity contribution < 1.29 is 27.8 Å². The molecule has 7 heteroatoms. The number of benzene rings is 2. The van der Waals surface area contributed by atoms with Crippen molar-refractivity contribution in [3.63, 3.8) is 0 Å². The lowest BCUT2D eigenvalue weighted by Gasteiger charge is -2.12. The fourth-order valence-corrected chi connectivity index (χ4v) is 1.91. The molecule has 0 heterocycles. The average molecular weight is 361 g/mol. The molecule has 0 radical (unpaired) electrons. The number of alkyl halides is 3. The maximum absolute atomic E-state index is 12.7. The van der Waals surface area contributed by atoms with Crippen molar-refractivity contribution in [3.8, 4) is 11.5 Å². The molecule has 0 aromatic heterocycles. The van der Waals surface area contributed by atoms with Crippen LogP contribution in [0.3, 0.4) is 0 Å². The topological polar surface area (TPSA) is 46.5 Å². The van der Waals surface area contributed by atoms with Crippen molar-refractivity contribution in [1.82, 2.24) is 0 Å². The zero-order valence-corrected chi connectivity index (χ0v) is 11.9. The fraction of sp³-hybridized carbons (Fsp3) is 0.0714. The number of carboxylic acid groups (broad SMARTS) is 1. The van der Waals surface area contributed by atoms with E-state index in [-0.39, 0.29) is 5.75 Å². The van der Waals surface area contributed by atoms with Crippen LogP contribution in [-0.2, 0) is 6.18 Å². The first-order chi connectivity index (χ1) is 9.77. The molecule has 0 unspecified atom stereocenters. The summed E-state index contributed by atoms with van der Waals surface area (Å²) >= 11 is 3.23. The van der Waals surface area contributed by atoms with Crippen molar-refractivity contribution in [2.75, 3.05) is 0 Å². The van der Waals surface area contributed by atoms with Crippen LogP contribution in [0.15, 0.2) is 46.9 Å². The second kappa shape index (κ2) is 5.77. The van der Waals surface area contributed by atoms with Crippen molar-refractivity contribution in [2.24, 2.45) is 0 Å². The molecular formula is C14H8BrF3O3. The number of rotatable bonds is 3. The second-order valence-corrected chi connectivity index (χ2v) is 4.98. The van der Waals surface area contributed by atoms with E-state index in [1.54, 1.807) is 24.3 Å². The fourth-order valence-electron chi connectivity index (χ4n) is 1.65. The van der Waals surface area contributed by atoms with Crippen LogP contribution in [0.1, 0.15) is 15.9 Å². The standard InChI is InChI=1S/C14H8BrF3O3/c15-8-1-3-9(4-2-8)21-10-5-6-12(14(16,17)18)11(7-10)13(19)20/h1-7H,(H,19,20). The molecule has 0 saturated carbocycles. The van der Waals surface area contributed by atoms with E-state index in [9.17, 15) is 18.0 Å². The lowest BCUT2D eigenvalue weighted by Crippen LogP contribution is -2.12. The average Bonchev–Trinajstić information content (AvgIpc) is 2.40. The van der Waals surface area contributed by atoms with Crippen LogP contribution in [0, 0.1) is 0 Å². The van der Waals surface area contributed by atoms with Gasteiger partial charge in [0.25, 0.3) is 0 Å². The van der Waals surface area contributed by atoms with Gasteiger partial charge < -0.3 is 9.84 Å². The molecule has 3 nitrogen and oxygen atoms in total. The van der Waals surface area contributed by atoms with Gasteiger partial charge in [0, 0.05) is 4.47 Å². The van der Waals surface area contributed by atoms with E-state index in [1.165, 1.54) is 0 Å². The Kier molecular flexibility index (Phi) is 4.22. The van der Waals surface area contributed by atoms with Crippen molar-refractivity contribution in [2.45, 2.75) is 6.18 Å². The van der Waals surface area contributed by atoms with Crippen molar-refractivity contribution in [1.29, 1.82) is 0 Å². The van der Waals surface area contributed by atoms with Gasteiger partial charge in [0.05, 0.1) is 11.1 Å². The van der Waals surface area contributed by atoms with Gasteiger partial charge in [-0.3, -0.25) is 0 Å². The molecule has 2 aromatic carbocycles. The Morgan fingerprint density at radius 1 is 1.05 bits per heavy atom. The number of halogens is 4. The third-order valence-electron chi connectivity index (χ3n) is 2.58. The van der Waals surface area contributed by atoms with Crippen LogP contribution >= 0.6 is 15.9 Å². The summed E-state index contributed by atoms with van der Waals surface area (Å²) in [6.45, 7) is 0. The van der Waals surface area contributed by atoms with Crippen molar-refractivity contribution in [3.05, 3.63) is 58.1 Å². The van der Waals surface area contributed by atoms with Gasteiger partial charge in [0.1, 0.15) is 11.5 Å². The Bertz CT molecular complexity index is 666. The normalized spacial score (nSPS) is 11.2. The van der Waals surface area contributed by atoms with Crippen LogP contribution < -0.4 is 4.74 Å². The van der Waals surface area contributed by atoms with E-state index in [0.717, 1.165) is 16.6 Å². The predicted molar refractivity (Wildman–Crippen MR) is 72.6 cm³/mol. The third-order valence-corrected chi connectivity index (χ3v) is 3.10. The highest BCUT2D eigenvalue weighted by molar-refractivity contribution is 9.10. The van der Waals surface area contributed by atoms with Crippen LogP contribution in [0.4, 0.5) is 13.2 Å². The SMILES string of the molecule is O=C(O)c1cc(Oc2ccc(Br)cc2)ccc1C(F)(F)F. The molecule has 21 heavy (non-hydrogen) atoms. The number of aromatic carboxylic acids is 1. The molecule has 110 valence electrons. The van der Waals surface area contributed by atoms with Crippen LogP contribution in [0.5, 0.6) is 11.5 Å². The Morgan fingerprint density at radius 2 is 1.62 bits per heavy atom. The summed E-state index contributed by atoms with van der Waals surface area (Å²) in [6.07, 6.45) is -4.73. The third kappa shape index (κ3) is 3.75. The number of carbonyl (C=O) groups is 1. The summed E-state index contributed by atoms with van der Waals surface area (Å²) in [7, 11) is 0. The summed E-state index contributed by atoms with van der Waals surface area (Å²) < 4.78 is 44.3. The van der Waals surface area contributed by atoms with Crippen LogP contribution in [0.2, 0.25) is 0 Å². The molecule has 0 atom stereocenters. The minimum Gasteiger partial charge on any atom is -0.478 e. The summed E-state index contributed by atoms with van der Waals surface area (Å²) in [5, 5.41) is 8.89. The van der Waals surface area contributed by atoms with E-state index in [1.807, 2.05) is 0 Å². The van der Waals surface area contributed by atoms with E-state index < -0.39 is 23.3 Å². The summed E-state index contributed by atoms with van der Waals surface area (Å²) in [5.74, 6) is -1.26. The predicted octanol–water partition coefficient (Wildman–Crippen LogP) is 4.96. The lowest BCUT2D eigenvalue weighted by molar-refractivity contribution is -0.138. The van der Waals surface area contributed by atoms with Crippen molar-refractivity contribution >= 4 is 21.9 Å². The molecule has 0 amide bonds. The van der Waals surface area contributed by atoms with Crippen LogP contribution in [-0.4, -0.2) is 11.1 Å². The number of ether oxygens (including phenoxy) is 1. The molecule has 0 aliphatic carbocycles. The number of hydrogen-bond acceptors (Lipinski definition) is 2. The van der Waals surface area contributed by atoms with Gasteiger partial charge in [-0.25, -0.2) is 4.79 Å². The first-order valence-electron chi connectivity index (χ1n) is 5.65. The lowest BCUT2D eigenvalue weighted by atomic mass is 10.1. The highest BCUT2D eigenvalue weighted by Crippen LogP contribution is 2.35. The molecule has 2 aromatic rings. The van der Waals surface area contributed by atoms with Gasteiger partial charge in [0.15, 0.2) is 0 Å². The minimum atomic E-state index is -4.73. The maximum atomic E-state index is 12.7. The first-order valence-corrected chi connectivity index (χ1v) is 6.44. The Hall–Kier alpha value is -2.02. The van der Waals surface area contributed by atoms with Gasteiger partial charge in [0.2, 0.25) is 0 Å². The molecule has 1 N–H and O–H groups in total. The maximum Gasteiger partial charge on any atom is 0.417 e. The molecule has 0 fully saturated rings. The molecule has 0 saturated heterocycles. The van der Waals surface area contributed by atoms with Gasteiger partial charge in [-0.1, -0.05) is 15.9 Å². The largest absolute Gasteiger partial charge is 0.478 e. The Morgan fingerprint density at radius 3 is 2.14 bits per heavy atom. The minimum absolute atomic E-state index is 0.0164. The quantitative estimate of drug-likeness (QED) is 0.841. The number of carboxylic acids is 1. The smallest absolute Gasteiger partial charge is 0.417 e. The molecule has 0 spiro atoms. The molecular weight excluding hydrogens is 353 g/mol. The molecule has 0 aliphatic heterocycles. The monoisotopic (exact) mass is 360 g/mol. The summed E-state index contributed by atoms with van der Waals surface area (Å²) in [4.78, 5) is 11.0. The van der Waals surface area contributed by atoms with Gasteiger partial charge in [-0.15, -0.1) is 0 Å². The molecule has 0 aliphatic rings. The van der Waals surface area contributed by atoms with E-state index in [0.29, 0.717) is 11.8 Å². The van der Waals surface area contributed by atoms with Gasteiger partial charge in [-0.2, -0.15) is 13.2 Å². The first kappa shape index (κ1) is 15.4. The second-order valence-electron chi connectivity index (χ2n) is 4.07. The highest BCUT2D eigenvalue weighted by atomic mass is 79.9. The Labute approximate surface area is 126 Å².